The summed E-state index contributed by atoms with van der Waals surface area (Å²) < 4.78 is 37.5. The highest BCUT2D eigenvalue weighted by Gasteiger charge is 2.41. The quantitative estimate of drug-likeness (QED) is 0.825. The van der Waals surface area contributed by atoms with Gasteiger partial charge in [-0.2, -0.15) is 13.2 Å². The first-order valence-corrected chi connectivity index (χ1v) is 7.11. The third kappa shape index (κ3) is 4.64. The molecule has 0 atom stereocenters. The molecule has 0 fully saturated rings. The highest BCUT2D eigenvalue weighted by molar-refractivity contribution is 8.00. The maximum atomic E-state index is 12.5. The van der Waals surface area contributed by atoms with Crippen molar-refractivity contribution in [2.75, 3.05) is 5.32 Å². The number of nitrogens with one attached hydrogen (secondary N) is 1. The van der Waals surface area contributed by atoms with E-state index in [9.17, 15) is 18.0 Å². The molecule has 1 aromatic rings. The molecular weight excluding hydrogens is 301 g/mol. The molecule has 3 nitrogen and oxygen atoms in total. The average molecular weight is 320 g/mol. The molecule has 7 heteroatoms. The van der Waals surface area contributed by atoms with E-state index in [0.717, 1.165) is 0 Å². The maximum absolute atomic E-state index is 12.5. The number of amides is 1. The van der Waals surface area contributed by atoms with Gasteiger partial charge in [-0.05, 0) is 51.6 Å². The van der Waals surface area contributed by atoms with E-state index in [1.54, 1.807) is 33.8 Å². The van der Waals surface area contributed by atoms with E-state index in [0.29, 0.717) is 0 Å². The number of benzene rings is 1. The van der Waals surface area contributed by atoms with Crippen LogP contribution in [-0.2, 0) is 4.79 Å². The first-order chi connectivity index (χ1) is 9.34. The van der Waals surface area contributed by atoms with Crippen LogP contribution in [0.5, 0.6) is 0 Å². The molecular formula is C14H19F3N2OS. The van der Waals surface area contributed by atoms with E-state index < -0.39 is 22.4 Å². The summed E-state index contributed by atoms with van der Waals surface area (Å²) in [5, 5.41) is 2.54. The van der Waals surface area contributed by atoms with E-state index in [-0.39, 0.29) is 22.3 Å². The number of anilines is 1. The minimum Gasteiger partial charge on any atom is -0.325 e. The number of carbonyl (C=O) groups excluding carboxylic acids is 1. The summed E-state index contributed by atoms with van der Waals surface area (Å²) in [6, 6.07) is 5.80. The molecule has 21 heavy (non-hydrogen) atoms. The Balaban J connectivity index is 3.02. The Kier molecular flexibility index (Phi) is 5.00. The fourth-order valence-electron chi connectivity index (χ4n) is 1.35. The zero-order valence-electron chi connectivity index (χ0n) is 12.3. The van der Waals surface area contributed by atoms with Crippen molar-refractivity contribution in [3.63, 3.8) is 0 Å². The molecule has 0 aromatic heterocycles. The molecule has 118 valence electrons. The lowest BCUT2D eigenvalue weighted by molar-refractivity contribution is -0.126. The molecule has 0 saturated heterocycles. The number of hydrogen-bond donors (Lipinski definition) is 2. The van der Waals surface area contributed by atoms with Gasteiger partial charge in [-0.3, -0.25) is 4.79 Å². The van der Waals surface area contributed by atoms with Crippen LogP contribution in [0.3, 0.4) is 0 Å². The summed E-state index contributed by atoms with van der Waals surface area (Å²) in [4.78, 5) is 12.3. The Morgan fingerprint density at radius 2 is 1.67 bits per heavy atom. The third-order valence-electron chi connectivity index (χ3n) is 3.54. The highest BCUT2D eigenvalue weighted by Crippen LogP contribution is 2.41. The van der Waals surface area contributed by atoms with Crippen LogP contribution in [0.4, 0.5) is 18.9 Å². The second kappa shape index (κ2) is 5.88. The summed E-state index contributed by atoms with van der Waals surface area (Å²) in [6.07, 6.45) is 0. The number of alkyl halides is 3. The normalized spacial score (nSPS) is 13.1. The summed E-state index contributed by atoms with van der Waals surface area (Å²) in [7, 11) is 0. The number of nitrogens with two attached hydrogens (primary N) is 1. The van der Waals surface area contributed by atoms with Crippen molar-refractivity contribution in [3.05, 3.63) is 24.3 Å². The first-order valence-electron chi connectivity index (χ1n) is 6.30. The minimum absolute atomic E-state index is 0.0519. The topological polar surface area (TPSA) is 55.1 Å². The van der Waals surface area contributed by atoms with Gasteiger partial charge in [-0.1, -0.05) is 12.1 Å². The molecule has 0 saturated carbocycles. The van der Waals surface area contributed by atoms with Crippen molar-refractivity contribution in [2.45, 2.75) is 43.6 Å². The number of para-hydroxylation sites is 1. The van der Waals surface area contributed by atoms with Gasteiger partial charge in [-0.15, -0.1) is 0 Å². The van der Waals surface area contributed by atoms with Crippen molar-refractivity contribution in [3.8, 4) is 0 Å². The second-order valence-electron chi connectivity index (χ2n) is 5.84. The predicted octanol–water partition coefficient (Wildman–Crippen LogP) is 4.00. The monoisotopic (exact) mass is 320 g/mol. The van der Waals surface area contributed by atoms with Gasteiger partial charge >= 0.3 is 5.51 Å². The Morgan fingerprint density at radius 3 is 2.14 bits per heavy atom. The first kappa shape index (κ1) is 17.8. The Labute approximate surface area is 126 Å². The average Bonchev–Trinajstić information content (AvgIpc) is 2.28. The van der Waals surface area contributed by atoms with E-state index in [1.165, 1.54) is 18.2 Å². The van der Waals surface area contributed by atoms with E-state index >= 15 is 0 Å². The van der Waals surface area contributed by atoms with Gasteiger partial charge in [0.05, 0.1) is 11.1 Å². The SMILES string of the molecule is CC(C)(N)C(C)(C)C(=O)Nc1ccccc1SC(F)(F)F. The Hall–Kier alpha value is -1.21. The van der Waals surface area contributed by atoms with Crippen LogP contribution in [-0.4, -0.2) is 17.0 Å². The van der Waals surface area contributed by atoms with Crippen LogP contribution in [0.2, 0.25) is 0 Å². The number of hydrogen-bond acceptors (Lipinski definition) is 3. The van der Waals surface area contributed by atoms with Gasteiger partial charge in [0, 0.05) is 10.4 Å². The zero-order valence-corrected chi connectivity index (χ0v) is 13.2. The minimum atomic E-state index is -4.41. The summed E-state index contributed by atoms with van der Waals surface area (Å²) in [6.45, 7) is 6.70. The lowest BCUT2D eigenvalue weighted by Gasteiger charge is -2.37. The Bertz CT molecular complexity index is 522. The third-order valence-corrected chi connectivity index (χ3v) is 4.35. The molecule has 3 N–H and O–H groups in total. The van der Waals surface area contributed by atoms with Gasteiger partial charge < -0.3 is 11.1 Å². The molecule has 0 radical (unpaired) electrons. The van der Waals surface area contributed by atoms with Crippen molar-refractivity contribution in [2.24, 2.45) is 11.1 Å². The molecule has 1 aromatic carbocycles. The van der Waals surface area contributed by atoms with Gasteiger partial charge in [0.25, 0.3) is 0 Å². The summed E-state index contributed by atoms with van der Waals surface area (Å²) in [5.41, 5.74) is -0.0824. The molecule has 0 aliphatic heterocycles. The van der Waals surface area contributed by atoms with Crippen molar-refractivity contribution >= 4 is 23.4 Å². The van der Waals surface area contributed by atoms with Gasteiger partial charge in [0.15, 0.2) is 0 Å². The van der Waals surface area contributed by atoms with Crippen LogP contribution >= 0.6 is 11.8 Å². The molecule has 1 rings (SSSR count). The van der Waals surface area contributed by atoms with Crippen LogP contribution < -0.4 is 11.1 Å². The number of halogens is 3. The smallest absolute Gasteiger partial charge is 0.325 e. The van der Waals surface area contributed by atoms with Crippen molar-refractivity contribution in [1.29, 1.82) is 0 Å². The molecule has 0 bridgehead atoms. The van der Waals surface area contributed by atoms with E-state index in [2.05, 4.69) is 5.32 Å². The van der Waals surface area contributed by atoms with Crippen LogP contribution in [0.25, 0.3) is 0 Å². The largest absolute Gasteiger partial charge is 0.446 e. The number of rotatable bonds is 4. The van der Waals surface area contributed by atoms with E-state index in [1.807, 2.05) is 0 Å². The molecule has 0 aliphatic rings. The molecule has 0 unspecified atom stereocenters. The van der Waals surface area contributed by atoms with E-state index in [4.69, 9.17) is 5.73 Å². The van der Waals surface area contributed by atoms with Crippen molar-refractivity contribution in [1.82, 2.24) is 0 Å². The van der Waals surface area contributed by atoms with Gasteiger partial charge in [0.2, 0.25) is 5.91 Å². The lowest BCUT2D eigenvalue weighted by Crippen LogP contribution is -2.53. The number of carbonyl (C=O) groups is 1. The summed E-state index contributed by atoms with van der Waals surface area (Å²) in [5.74, 6) is -0.426. The maximum Gasteiger partial charge on any atom is 0.446 e. The van der Waals surface area contributed by atoms with Crippen LogP contribution in [0.15, 0.2) is 29.2 Å². The van der Waals surface area contributed by atoms with Gasteiger partial charge in [-0.25, -0.2) is 0 Å². The predicted molar refractivity (Wildman–Crippen MR) is 79.0 cm³/mol. The lowest BCUT2D eigenvalue weighted by atomic mass is 9.74. The molecule has 1 amide bonds. The molecule has 0 spiro atoms. The van der Waals surface area contributed by atoms with Gasteiger partial charge in [0.1, 0.15) is 0 Å². The number of thioether (sulfide) groups is 1. The van der Waals surface area contributed by atoms with Crippen LogP contribution in [0.1, 0.15) is 27.7 Å². The fraction of sp³-hybridized carbons (Fsp3) is 0.500. The molecule has 0 heterocycles. The highest BCUT2D eigenvalue weighted by atomic mass is 32.2. The van der Waals surface area contributed by atoms with Crippen molar-refractivity contribution < 1.29 is 18.0 Å². The Morgan fingerprint density at radius 1 is 1.14 bits per heavy atom. The second-order valence-corrected chi connectivity index (χ2v) is 6.95. The molecule has 0 aliphatic carbocycles. The van der Waals surface area contributed by atoms with Crippen LogP contribution in [0, 0.1) is 5.41 Å². The fourth-order valence-corrected chi connectivity index (χ4v) is 1.98. The standard InChI is InChI=1S/C14H19F3N2OS/c1-12(2,13(3,4)18)11(20)19-9-7-5-6-8-10(9)21-14(15,16)17/h5-8H,18H2,1-4H3,(H,19,20). The summed E-state index contributed by atoms with van der Waals surface area (Å²) >= 11 is -0.258. The zero-order chi connectivity index (χ0) is 16.5.